The van der Waals surface area contributed by atoms with E-state index in [2.05, 4.69) is 5.32 Å². The number of hydrogen-bond acceptors (Lipinski definition) is 2. The smallest absolute Gasteiger partial charge is 0.270 e. The molecule has 0 radical (unpaired) electrons. The maximum Gasteiger partial charge on any atom is 0.270 e. The second-order valence-electron chi connectivity index (χ2n) is 3.55. The predicted octanol–water partition coefficient (Wildman–Crippen LogP) is 2.05. The van der Waals surface area contributed by atoms with Gasteiger partial charge in [0.15, 0.2) is 0 Å². The standard InChI is InChI=1S/C11H15F2NO/c1-11(12,13)9-6-4-3-5-8(9)10(15)7-14-2/h3-6,10,14-15H,7H2,1-2H3. The molecule has 1 atom stereocenters. The molecule has 0 aliphatic heterocycles. The highest BCUT2D eigenvalue weighted by atomic mass is 19.3. The van der Waals surface area contributed by atoms with E-state index >= 15 is 0 Å². The lowest BCUT2D eigenvalue weighted by Crippen LogP contribution is -2.20. The Bertz CT molecular complexity index is 323. The molecule has 0 heterocycles. The third-order valence-corrected chi connectivity index (χ3v) is 2.19. The lowest BCUT2D eigenvalue weighted by atomic mass is 9.98. The summed E-state index contributed by atoms with van der Waals surface area (Å²) in [6.07, 6.45) is -0.906. The SMILES string of the molecule is CNCC(O)c1ccccc1C(C)(F)F. The minimum Gasteiger partial charge on any atom is -0.387 e. The molecular formula is C11H15F2NO. The van der Waals surface area contributed by atoms with Crippen LogP contribution in [0.25, 0.3) is 0 Å². The summed E-state index contributed by atoms with van der Waals surface area (Å²) in [7, 11) is 1.66. The van der Waals surface area contributed by atoms with Gasteiger partial charge in [0.1, 0.15) is 0 Å². The van der Waals surface area contributed by atoms with Gasteiger partial charge in [-0.25, -0.2) is 8.78 Å². The molecule has 0 saturated carbocycles. The summed E-state index contributed by atoms with van der Waals surface area (Å²) < 4.78 is 26.4. The Labute approximate surface area is 87.9 Å². The fraction of sp³-hybridized carbons (Fsp3) is 0.455. The molecule has 0 bridgehead atoms. The van der Waals surface area contributed by atoms with E-state index < -0.39 is 12.0 Å². The van der Waals surface area contributed by atoms with Crippen molar-refractivity contribution in [3.05, 3.63) is 35.4 Å². The van der Waals surface area contributed by atoms with E-state index in [4.69, 9.17) is 0 Å². The van der Waals surface area contributed by atoms with E-state index in [-0.39, 0.29) is 17.7 Å². The first-order valence-corrected chi connectivity index (χ1v) is 4.76. The summed E-state index contributed by atoms with van der Waals surface area (Å²) in [6.45, 7) is 1.09. The highest BCUT2D eigenvalue weighted by Gasteiger charge is 2.28. The minimum atomic E-state index is -2.93. The Morgan fingerprint density at radius 1 is 1.40 bits per heavy atom. The minimum absolute atomic E-state index is 0.118. The summed E-state index contributed by atoms with van der Waals surface area (Å²) in [5.74, 6) is -2.93. The van der Waals surface area contributed by atoms with Gasteiger partial charge >= 0.3 is 0 Å². The van der Waals surface area contributed by atoms with Crippen LogP contribution in [-0.2, 0) is 5.92 Å². The van der Waals surface area contributed by atoms with Gasteiger partial charge in [-0.2, -0.15) is 0 Å². The second-order valence-corrected chi connectivity index (χ2v) is 3.55. The van der Waals surface area contributed by atoms with Crippen molar-refractivity contribution >= 4 is 0 Å². The highest BCUT2D eigenvalue weighted by Crippen LogP contribution is 2.32. The van der Waals surface area contributed by atoms with Crippen LogP contribution < -0.4 is 5.32 Å². The van der Waals surface area contributed by atoms with Crippen molar-refractivity contribution in [2.24, 2.45) is 0 Å². The molecule has 1 aromatic carbocycles. The van der Waals surface area contributed by atoms with Crippen LogP contribution in [0.3, 0.4) is 0 Å². The Balaban J connectivity index is 3.06. The number of aliphatic hydroxyl groups is 1. The first-order valence-electron chi connectivity index (χ1n) is 4.76. The zero-order chi connectivity index (χ0) is 11.5. The molecule has 0 aromatic heterocycles. The number of alkyl halides is 2. The third kappa shape index (κ3) is 2.97. The molecule has 1 unspecified atom stereocenters. The van der Waals surface area contributed by atoms with Crippen LogP contribution in [0.15, 0.2) is 24.3 Å². The normalized spacial score (nSPS) is 13.9. The molecular weight excluding hydrogens is 200 g/mol. The van der Waals surface area contributed by atoms with Gasteiger partial charge in [-0.1, -0.05) is 24.3 Å². The van der Waals surface area contributed by atoms with Gasteiger partial charge in [-0.15, -0.1) is 0 Å². The molecule has 2 N–H and O–H groups in total. The molecule has 1 rings (SSSR count). The predicted molar refractivity (Wildman–Crippen MR) is 54.9 cm³/mol. The molecule has 0 aliphatic rings. The maximum atomic E-state index is 13.2. The monoisotopic (exact) mass is 215 g/mol. The Morgan fingerprint density at radius 3 is 2.53 bits per heavy atom. The van der Waals surface area contributed by atoms with E-state index in [1.165, 1.54) is 12.1 Å². The van der Waals surface area contributed by atoms with Gasteiger partial charge in [0, 0.05) is 19.0 Å². The van der Waals surface area contributed by atoms with Gasteiger partial charge in [-0.05, 0) is 12.6 Å². The average molecular weight is 215 g/mol. The molecule has 0 saturated heterocycles. The fourth-order valence-corrected chi connectivity index (χ4v) is 1.49. The fourth-order valence-electron chi connectivity index (χ4n) is 1.49. The van der Waals surface area contributed by atoms with Crippen molar-refractivity contribution in [1.82, 2.24) is 5.32 Å². The Kier molecular flexibility index (Phi) is 3.77. The van der Waals surface area contributed by atoms with Crippen molar-refractivity contribution in [2.45, 2.75) is 19.0 Å². The van der Waals surface area contributed by atoms with E-state index in [0.717, 1.165) is 6.92 Å². The number of rotatable bonds is 4. The summed E-state index contributed by atoms with van der Waals surface area (Å²) in [5.41, 5.74) is 0.159. The molecule has 4 heteroatoms. The van der Waals surface area contributed by atoms with Crippen molar-refractivity contribution < 1.29 is 13.9 Å². The number of benzene rings is 1. The summed E-state index contributed by atoms with van der Waals surface area (Å²) >= 11 is 0. The maximum absolute atomic E-state index is 13.2. The molecule has 0 amide bonds. The van der Waals surface area contributed by atoms with Crippen molar-refractivity contribution in [3.8, 4) is 0 Å². The van der Waals surface area contributed by atoms with Gasteiger partial charge in [0.25, 0.3) is 5.92 Å². The Hall–Kier alpha value is -1.00. The van der Waals surface area contributed by atoms with Crippen LogP contribution in [0, 0.1) is 0 Å². The third-order valence-electron chi connectivity index (χ3n) is 2.19. The molecule has 15 heavy (non-hydrogen) atoms. The molecule has 84 valence electrons. The number of hydrogen-bond donors (Lipinski definition) is 2. The van der Waals surface area contributed by atoms with Crippen LogP contribution in [0.2, 0.25) is 0 Å². The van der Waals surface area contributed by atoms with Crippen LogP contribution in [-0.4, -0.2) is 18.7 Å². The molecule has 0 fully saturated rings. The van der Waals surface area contributed by atoms with Crippen molar-refractivity contribution in [2.75, 3.05) is 13.6 Å². The molecule has 0 aliphatic carbocycles. The van der Waals surface area contributed by atoms with Gasteiger partial charge in [0.05, 0.1) is 6.10 Å². The van der Waals surface area contributed by atoms with Crippen LogP contribution >= 0.6 is 0 Å². The number of halogens is 2. The first-order chi connectivity index (χ1) is 6.96. The highest BCUT2D eigenvalue weighted by molar-refractivity contribution is 5.32. The van der Waals surface area contributed by atoms with Crippen LogP contribution in [0.1, 0.15) is 24.2 Å². The summed E-state index contributed by atoms with van der Waals surface area (Å²) in [6, 6.07) is 6.05. The zero-order valence-corrected chi connectivity index (χ0v) is 8.80. The number of likely N-dealkylation sites (N-methyl/N-ethyl adjacent to an activating group) is 1. The van der Waals surface area contributed by atoms with Crippen molar-refractivity contribution in [1.29, 1.82) is 0 Å². The lowest BCUT2D eigenvalue weighted by molar-refractivity contribution is 0.0137. The van der Waals surface area contributed by atoms with Gasteiger partial charge in [-0.3, -0.25) is 0 Å². The summed E-state index contributed by atoms with van der Waals surface area (Å²) in [4.78, 5) is 0. The lowest BCUT2D eigenvalue weighted by Gasteiger charge is -2.19. The second kappa shape index (κ2) is 4.68. The topological polar surface area (TPSA) is 32.3 Å². The van der Waals surface area contributed by atoms with Crippen molar-refractivity contribution in [3.63, 3.8) is 0 Å². The molecule has 1 aromatic rings. The largest absolute Gasteiger partial charge is 0.387 e. The Morgan fingerprint density at radius 2 is 2.00 bits per heavy atom. The summed E-state index contributed by atoms with van der Waals surface area (Å²) in [5, 5.41) is 12.4. The zero-order valence-electron chi connectivity index (χ0n) is 8.80. The van der Waals surface area contributed by atoms with E-state index in [0.29, 0.717) is 0 Å². The number of aliphatic hydroxyl groups excluding tert-OH is 1. The molecule has 2 nitrogen and oxygen atoms in total. The van der Waals surface area contributed by atoms with E-state index in [1.54, 1.807) is 19.2 Å². The van der Waals surface area contributed by atoms with Gasteiger partial charge < -0.3 is 10.4 Å². The average Bonchev–Trinajstić information content (AvgIpc) is 2.17. The van der Waals surface area contributed by atoms with E-state index in [9.17, 15) is 13.9 Å². The molecule has 0 spiro atoms. The number of nitrogens with one attached hydrogen (secondary N) is 1. The van der Waals surface area contributed by atoms with Gasteiger partial charge in [0.2, 0.25) is 0 Å². The van der Waals surface area contributed by atoms with E-state index in [1.807, 2.05) is 0 Å². The first kappa shape index (κ1) is 12.1. The van der Waals surface area contributed by atoms with Crippen LogP contribution in [0.4, 0.5) is 8.78 Å². The van der Waals surface area contributed by atoms with Crippen LogP contribution in [0.5, 0.6) is 0 Å². The quantitative estimate of drug-likeness (QED) is 0.805.